The van der Waals surface area contributed by atoms with Crippen molar-refractivity contribution >= 4 is 5.91 Å². The smallest absolute Gasteiger partial charge is 0.379 e. The summed E-state index contributed by atoms with van der Waals surface area (Å²) in [7, 11) is 0. The lowest BCUT2D eigenvalue weighted by molar-refractivity contribution is -0.139. The Bertz CT molecular complexity index is 514. The number of morpholine rings is 1. The van der Waals surface area contributed by atoms with Crippen LogP contribution in [-0.4, -0.2) is 37.2 Å². The molecule has 0 spiro atoms. The maximum Gasteiger partial charge on any atom is 0.416 e. The zero-order valence-electron chi connectivity index (χ0n) is 12.3. The topological polar surface area (TPSA) is 41.6 Å². The van der Waals surface area contributed by atoms with E-state index in [2.05, 4.69) is 5.43 Å². The molecule has 0 radical (unpaired) electrons. The van der Waals surface area contributed by atoms with Crippen molar-refractivity contribution in [2.45, 2.75) is 25.4 Å². The van der Waals surface area contributed by atoms with E-state index in [9.17, 15) is 18.0 Å². The van der Waals surface area contributed by atoms with Crippen molar-refractivity contribution in [3.05, 3.63) is 35.4 Å². The molecule has 0 saturated carbocycles. The Kier molecular flexibility index (Phi) is 5.42. The zero-order chi connectivity index (χ0) is 16.2. The van der Waals surface area contributed by atoms with Crippen LogP contribution in [0.4, 0.5) is 13.2 Å². The molecule has 22 heavy (non-hydrogen) atoms. The van der Waals surface area contributed by atoms with Crippen LogP contribution in [0.5, 0.6) is 0 Å². The van der Waals surface area contributed by atoms with Gasteiger partial charge < -0.3 is 4.74 Å². The first-order valence-electron chi connectivity index (χ1n) is 7.16. The van der Waals surface area contributed by atoms with Crippen LogP contribution in [0.2, 0.25) is 0 Å². The Morgan fingerprint density at radius 3 is 2.59 bits per heavy atom. The number of amides is 1. The number of carbonyl (C=O) groups is 1. The van der Waals surface area contributed by atoms with Crippen molar-refractivity contribution in [2.75, 3.05) is 26.3 Å². The maximum absolute atomic E-state index is 13.0. The summed E-state index contributed by atoms with van der Waals surface area (Å²) in [6.45, 7) is 3.86. The summed E-state index contributed by atoms with van der Waals surface area (Å²) in [5.41, 5.74) is 2.18. The van der Waals surface area contributed by atoms with E-state index in [1.165, 1.54) is 12.1 Å². The van der Waals surface area contributed by atoms with Crippen LogP contribution < -0.4 is 5.43 Å². The van der Waals surface area contributed by atoms with E-state index in [-0.39, 0.29) is 17.9 Å². The van der Waals surface area contributed by atoms with Gasteiger partial charge in [-0.1, -0.05) is 25.1 Å². The summed E-state index contributed by atoms with van der Waals surface area (Å²) in [4.78, 5) is 12.0. The average molecular weight is 316 g/mol. The van der Waals surface area contributed by atoms with Crippen molar-refractivity contribution in [1.29, 1.82) is 0 Å². The van der Waals surface area contributed by atoms with Gasteiger partial charge in [-0.25, -0.2) is 5.01 Å². The van der Waals surface area contributed by atoms with E-state index in [1.807, 2.05) is 0 Å². The molecule has 1 amide bonds. The standard InChI is InChI=1S/C15H19F3N2O2/c1-11(10-14(21)19-20-6-8-22-9-7-20)12-4-2-3-5-13(12)15(16,17)18/h2-5,11H,6-10H2,1H3,(H,19,21)/t11-/m0/s1. The summed E-state index contributed by atoms with van der Waals surface area (Å²) in [6.07, 6.45) is -4.41. The molecule has 1 heterocycles. The van der Waals surface area contributed by atoms with Gasteiger partial charge in [-0.2, -0.15) is 13.2 Å². The minimum absolute atomic E-state index is 0.00442. The predicted octanol–water partition coefficient (Wildman–Crippen LogP) is 2.56. The Labute approximate surface area is 127 Å². The molecule has 7 heteroatoms. The molecule has 1 atom stereocenters. The number of hydrogen-bond donors (Lipinski definition) is 1. The van der Waals surface area contributed by atoms with E-state index in [0.29, 0.717) is 26.3 Å². The fraction of sp³-hybridized carbons (Fsp3) is 0.533. The van der Waals surface area contributed by atoms with Crippen LogP contribution in [0.1, 0.15) is 30.4 Å². The number of carbonyl (C=O) groups excluding carboxylic acids is 1. The molecule has 1 saturated heterocycles. The lowest BCUT2D eigenvalue weighted by Gasteiger charge is -2.27. The molecule has 2 rings (SSSR count). The highest BCUT2D eigenvalue weighted by Gasteiger charge is 2.34. The highest BCUT2D eigenvalue weighted by molar-refractivity contribution is 5.76. The number of rotatable bonds is 4. The molecular weight excluding hydrogens is 297 g/mol. The zero-order valence-corrected chi connectivity index (χ0v) is 12.3. The third kappa shape index (κ3) is 4.45. The molecule has 1 aromatic rings. The van der Waals surface area contributed by atoms with Crippen LogP contribution in [0, 0.1) is 0 Å². The number of nitrogens with one attached hydrogen (secondary N) is 1. The van der Waals surface area contributed by atoms with Gasteiger partial charge in [0.25, 0.3) is 0 Å². The summed E-state index contributed by atoms with van der Waals surface area (Å²) >= 11 is 0. The largest absolute Gasteiger partial charge is 0.416 e. The minimum atomic E-state index is -4.41. The minimum Gasteiger partial charge on any atom is -0.379 e. The van der Waals surface area contributed by atoms with E-state index in [0.717, 1.165) is 6.07 Å². The Hall–Kier alpha value is -1.60. The van der Waals surface area contributed by atoms with E-state index in [1.54, 1.807) is 18.0 Å². The highest BCUT2D eigenvalue weighted by atomic mass is 19.4. The van der Waals surface area contributed by atoms with Crippen molar-refractivity contribution in [2.24, 2.45) is 0 Å². The SMILES string of the molecule is C[C@@H](CC(=O)NN1CCOCC1)c1ccccc1C(F)(F)F. The first kappa shape index (κ1) is 16.8. The van der Waals surface area contributed by atoms with Crippen LogP contribution in [-0.2, 0) is 15.7 Å². The molecule has 1 N–H and O–H groups in total. The van der Waals surface area contributed by atoms with E-state index in [4.69, 9.17) is 4.74 Å². The normalized spacial score (nSPS) is 18.0. The van der Waals surface area contributed by atoms with Crippen LogP contribution in [0.3, 0.4) is 0 Å². The molecular formula is C15H19F3N2O2. The van der Waals surface area contributed by atoms with Gasteiger partial charge in [-0.15, -0.1) is 0 Å². The average Bonchev–Trinajstić information content (AvgIpc) is 2.47. The van der Waals surface area contributed by atoms with Gasteiger partial charge in [0.2, 0.25) is 5.91 Å². The first-order valence-corrected chi connectivity index (χ1v) is 7.16. The Morgan fingerprint density at radius 1 is 1.32 bits per heavy atom. The predicted molar refractivity (Wildman–Crippen MR) is 75.0 cm³/mol. The second kappa shape index (κ2) is 7.11. The summed E-state index contributed by atoms with van der Waals surface area (Å²) < 4.78 is 44.2. The summed E-state index contributed by atoms with van der Waals surface area (Å²) in [5, 5.41) is 1.73. The number of nitrogens with zero attached hydrogens (tertiary/aromatic N) is 1. The number of ether oxygens (including phenoxy) is 1. The van der Waals surface area contributed by atoms with Crippen LogP contribution in [0.25, 0.3) is 0 Å². The number of halogens is 3. The number of benzene rings is 1. The van der Waals surface area contributed by atoms with Crippen LogP contribution >= 0.6 is 0 Å². The molecule has 1 aliphatic heterocycles. The molecule has 0 bridgehead atoms. The van der Waals surface area contributed by atoms with Gasteiger partial charge in [0.1, 0.15) is 0 Å². The molecule has 0 unspecified atom stereocenters. The number of hydrazine groups is 1. The third-order valence-corrected chi connectivity index (χ3v) is 3.58. The van der Waals surface area contributed by atoms with Gasteiger partial charge in [0.05, 0.1) is 18.8 Å². The quantitative estimate of drug-likeness (QED) is 0.928. The van der Waals surface area contributed by atoms with Gasteiger partial charge in [0, 0.05) is 19.5 Å². The molecule has 0 aliphatic carbocycles. The number of alkyl halides is 3. The van der Waals surface area contributed by atoms with Gasteiger partial charge in [0.15, 0.2) is 0 Å². The second-order valence-electron chi connectivity index (χ2n) is 5.32. The highest BCUT2D eigenvalue weighted by Crippen LogP contribution is 2.35. The van der Waals surface area contributed by atoms with E-state index < -0.39 is 17.7 Å². The molecule has 4 nitrogen and oxygen atoms in total. The molecule has 1 aliphatic rings. The second-order valence-corrected chi connectivity index (χ2v) is 5.32. The lowest BCUT2D eigenvalue weighted by atomic mass is 9.92. The van der Waals surface area contributed by atoms with Crippen molar-refractivity contribution < 1.29 is 22.7 Å². The van der Waals surface area contributed by atoms with E-state index >= 15 is 0 Å². The maximum atomic E-state index is 13.0. The van der Waals surface area contributed by atoms with Gasteiger partial charge >= 0.3 is 6.18 Å². The molecule has 1 aromatic carbocycles. The summed E-state index contributed by atoms with van der Waals surface area (Å²) in [6, 6.07) is 5.38. The molecule has 122 valence electrons. The first-order chi connectivity index (χ1) is 10.4. The molecule has 1 fully saturated rings. The van der Waals surface area contributed by atoms with Crippen molar-refractivity contribution in [1.82, 2.24) is 10.4 Å². The monoisotopic (exact) mass is 316 g/mol. The van der Waals surface area contributed by atoms with Gasteiger partial charge in [-0.05, 0) is 17.5 Å². The Morgan fingerprint density at radius 2 is 1.95 bits per heavy atom. The third-order valence-electron chi connectivity index (χ3n) is 3.58. The van der Waals surface area contributed by atoms with Crippen molar-refractivity contribution in [3.8, 4) is 0 Å². The van der Waals surface area contributed by atoms with Crippen molar-refractivity contribution in [3.63, 3.8) is 0 Å². The fourth-order valence-electron chi connectivity index (χ4n) is 2.47. The van der Waals surface area contributed by atoms with Gasteiger partial charge in [-0.3, -0.25) is 10.2 Å². The number of hydrogen-bond acceptors (Lipinski definition) is 3. The fourth-order valence-corrected chi connectivity index (χ4v) is 2.47. The summed E-state index contributed by atoms with van der Waals surface area (Å²) in [5.74, 6) is -0.801. The Balaban J connectivity index is 1.99. The molecule has 0 aromatic heterocycles. The lowest BCUT2D eigenvalue weighted by Crippen LogP contribution is -2.48. The van der Waals surface area contributed by atoms with Crippen LogP contribution in [0.15, 0.2) is 24.3 Å².